The molecule has 0 fully saturated rings. The van der Waals surface area contributed by atoms with Crippen molar-refractivity contribution in [1.82, 2.24) is 10.6 Å². The van der Waals surface area contributed by atoms with E-state index in [9.17, 15) is 13.6 Å². The van der Waals surface area contributed by atoms with E-state index in [-0.39, 0.29) is 36.5 Å². The first kappa shape index (κ1) is 20.9. The smallest absolute Gasteiger partial charge is 0.387 e. The monoisotopic (exact) mass is 398 g/mol. The minimum atomic E-state index is -2.93. The molecule has 0 saturated carbocycles. The second kappa shape index (κ2) is 10.1. The first-order valence-electron chi connectivity index (χ1n) is 8.26. The van der Waals surface area contributed by atoms with E-state index >= 15 is 0 Å². The molecule has 0 radical (unpaired) electrons. The van der Waals surface area contributed by atoms with Crippen LogP contribution in [0.25, 0.3) is 0 Å². The lowest BCUT2D eigenvalue weighted by molar-refractivity contribution is -0.120. The van der Waals surface area contributed by atoms with Crippen LogP contribution in [0.15, 0.2) is 42.5 Å². The highest BCUT2D eigenvalue weighted by Crippen LogP contribution is 2.29. The Morgan fingerprint density at radius 3 is 2.63 bits per heavy atom. The zero-order valence-electron chi connectivity index (χ0n) is 15.0. The van der Waals surface area contributed by atoms with Gasteiger partial charge in [0, 0.05) is 17.6 Å². The summed E-state index contributed by atoms with van der Waals surface area (Å²) in [7, 11) is 1.36. The molecule has 1 atom stereocenters. The van der Waals surface area contributed by atoms with Gasteiger partial charge >= 0.3 is 6.61 Å². The summed E-state index contributed by atoms with van der Waals surface area (Å²) in [5.74, 6) is -0.0786. The Morgan fingerprint density at radius 1 is 1.19 bits per heavy atom. The predicted molar refractivity (Wildman–Crippen MR) is 99.3 cm³/mol. The second-order valence-corrected chi connectivity index (χ2v) is 6.23. The molecule has 0 aliphatic carbocycles. The molecule has 1 amide bonds. The van der Waals surface area contributed by atoms with Gasteiger partial charge in [-0.2, -0.15) is 8.78 Å². The zero-order valence-corrected chi connectivity index (χ0v) is 15.7. The van der Waals surface area contributed by atoms with Crippen LogP contribution >= 0.6 is 11.6 Å². The highest BCUT2D eigenvalue weighted by atomic mass is 35.5. The topological polar surface area (TPSA) is 59.6 Å². The summed E-state index contributed by atoms with van der Waals surface area (Å²) in [6.07, 6.45) is 0. The number of carbonyl (C=O) groups is 1. The Balaban J connectivity index is 1.84. The molecule has 2 aromatic carbocycles. The number of methoxy groups -OCH3 is 1. The third-order valence-corrected chi connectivity index (χ3v) is 4.09. The standard InChI is InChI=1S/C19H21ClF2N2O3/c1-12(14-4-3-5-15(20)9-14)23-11-18(25)24-10-13-6-7-16(27-19(21)22)17(8-13)26-2/h3-9,12,19,23H,10-11H2,1-2H3,(H,24,25)/t12-/m0/s1. The number of rotatable bonds is 9. The SMILES string of the molecule is COc1cc(CNC(=O)CN[C@@H](C)c2cccc(Cl)c2)ccc1OC(F)F. The fourth-order valence-electron chi connectivity index (χ4n) is 2.42. The molecule has 5 nitrogen and oxygen atoms in total. The maximum Gasteiger partial charge on any atom is 0.387 e. The Hall–Kier alpha value is -2.38. The van der Waals surface area contributed by atoms with Crippen molar-refractivity contribution in [2.45, 2.75) is 26.1 Å². The van der Waals surface area contributed by atoms with E-state index in [0.717, 1.165) is 5.56 Å². The van der Waals surface area contributed by atoms with Crippen molar-refractivity contribution in [2.75, 3.05) is 13.7 Å². The number of halogens is 3. The summed E-state index contributed by atoms with van der Waals surface area (Å²) in [6.45, 7) is -0.641. The fraction of sp³-hybridized carbons (Fsp3) is 0.316. The molecule has 2 rings (SSSR count). The number of benzene rings is 2. The van der Waals surface area contributed by atoms with E-state index in [1.165, 1.54) is 13.2 Å². The molecule has 2 aromatic rings. The second-order valence-electron chi connectivity index (χ2n) is 5.80. The Bertz CT molecular complexity index is 774. The largest absolute Gasteiger partial charge is 0.493 e. The molecule has 2 N–H and O–H groups in total. The molecule has 0 spiro atoms. The molecule has 0 unspecified atom stereocenters. The molecule has 0 heterocycles. The summed E-state index contributed by atoms with van der Waals surface area (Å²) in [5.41, 5.74) is 1.68. The molecule has 0 aromatic heterocycles. The van der Waals surface area contributed by atoms with Crippen molar-refractivity contribution in [2.24, 2.45) is 0 Å². The lowest BCUT2D eigenvalue weighted by Gasteiger charge is -2.15. The predicted octanol–water partition coefficient (Wildman–Crippen LogP) is 3.92. The van der Waals surface area contributed by atoms with Crippen molar-refractivity contribution >= 4 is 17.5 Å². The number of ether oxygens (including phenoxy) is 2. The van der Waals surface area contributed by atoms with Gasteiger partial charge in [-0.1, -0.05) is 29.8 Å². The Morgan fingerprint density at radius 2 is 1.96 bits per heavy atom. The van der Waals surface area contributed by atoms with E-state index in [1.54, 1.807) is 18.2 Å². The van der Waals surface area contributed by atoms with Crippen molar-refractivity contribution < 1.29 is 23.0 Å². The molecule has 146 valence electrons. The molecule has 27 heavy (non-hydrogen) atoms. The van der Waals surface area contributed by atoms with Crippen LogP contribution in [-0.4, -0.2) is 26.2 Å². The quantitative estimate of drug-likeness (QED) is 0.672. The van der Waals surface area contributed by atoms with Gasteiger partial charge in [0.15, 0.2) is 11.5 Å². The fourth-order valence-corrected chi connectivity index (χ4v) is 2.62. The van der Waals surface area contributed by atoms with Crippen LogP contribution in [-0.2, 0) is 11.3 Å². The maximum atomic E-state index is 12.3. The number of alkyl halides is 2. The average Bonchev–Trinajstić information content (AvgIpc) is 2.64. The minimum Gasteiger partial charge on any atom is -0.493 e. The summed E-state index contributed by atoms with van der Waals surface area (Å²) >= 11 is 5.96. The van der Waals surface area contributed by atoms with E-state index in [2.05, 4.69) is 15.4 Å². The van der Waals surface area contributed by atoms with Gasteiger partial charge in [0.25, 0.3) is 0 Å². The normalized spacial score (nSPS) is 11.9. The van der Waals surface area contributed by atoms with Crippen LogP contribution in [0.2, 0.25) is 5.02 Å². The number of nitrogens with one attached hydrogen (secondary N) is 2. The molecular weight excluding hydrogens is 378 g/mol. The van der Waals surface area contributed by atoms with Gasteiger partial charge in [-0.3, -0.25) is 4.79 Å². The van der Waals surface area contributed by atoms with Crippen LogP contribution in [0.3, 0.4) is 0 Å². The molecule has 0 bridgehead atoms. The van der Waals surface area contributed by atoms with Gasteiger partial charge < -0.3 is 20.1 Å². The van der Waals surface area contributed by atoms with Crippen LogP contribution < -0.4 is 20.1 Å². The number of amides is 1. The van der Waals surface area contributed by atoms with Crippen molar-refractivity contribution in [3.8, 4) is 11.5 Å². The van der Waals surface area contributed by atoms with E-state index < -0.39 is 6.61 Å². The van der Waals surface area contributed by atoms with Crippen LogP contribution in [0.1, 0.15) is 24.1 Å². The van der Waals surface area contributed by atoms with E-state index in [4.69, 9.17) is 16.3 Å². The van der Waals surface area contributed by atoms with Crippen molar-refractivity contribution in [3.63, 3.8) is 0 Å². The summed E-state index contributed by atoms with van der Waals surface area (Å²) < 4.78 is 34.1. The number of carbonyl (C=O) groups excluding carboxylic acids is 1. The zero-order chi connectivity index (χ0) is 19.8. The summed E-state index contributed by atoms with van der Waals surface area (Å²) in [6, 6.07) is 11.9. The van der Waals surface area contributed by atoms with Gasteiger partial charge in [0.2, 0.25) is 5.91 Å². The third kappa shape index (κ3) is 6.69. The molecular formula is C19H21ClF2N2O3. The van der Waals surface area contributed by atoms with Crippen molar-refractivity contribution in [3.05, 3.63) is 58.6 Å². The lowest BCUT2D eigenvalue weighted by atomic mass is 10.1. The van der Waals surface area contributed by atoms with Crippen molar-refractivity contribution in [1.29, 1.82) is 0 Å². The van der Waals surface area contributed by atoms with Crippen LogP contribution in [0, 0.1) is 0 Å². The molecule has 0 aliphatic rings. The molecule has 0 saturated heterocycles. The maximum absolute atomic E-state index is 12.3. The summed E-state index contributed by atoms with van der Waals surface area (Å²) in [5, 5.41) is 6.51. The van der Waals surface area contributed by atoms with Crippen LogP contribution in [0.5, 0.6) is 11.5 Å². The van der Waals surface area contributed by atoms with E-state index in [1.807, 2.05) is 25.1 Å². The number of hydrogen-bond acceptors (Lipinski definition) is 4. The Labute approximate surface area is 161 Å². The molecule has 8 heteroatoms. The third-order valence-electron chi connectivity index (χ3n) is 3.85. The van der Waals surface area contributed by atoms with Gasteiger partial charge in [-0.05, 0) is 42.3 Å². The lowest BCUT2D eigenvalue weighted by Crippen LogP contribution is -2.34. The number of hydrogen-bond donors (Lipinski definition) is 2. The van der Waals surface area contributed by atoms with Crippen LogP contribution in [0.4, 0.5) is 8.78 Å². The Kier molecular flexibility index (Phi) is 7.82. The minimum absolute atomic E-state index is 0.0414. The molecule has 0 aliphatic heterocycles. The first-order chi connectivity index (χ1) is 12.9. The highest BCUT2D eigenvalue weighted by Gasteiger charge is 2.12. The highest BCUT2D eigenvalue weighted by molar-refractivity contribution is 6.30. The van der Waals surface area contributed by atoms with Gasteiger partial charge in [-0.15, -0.1) is 0 Å². The van der Waals surface area contributed by atoms with Gasteiger partial charge in [0.05, 0.1) is 13.7 Å². The van der Waals surface area contributed by atoms with Gasteiger partial charge in [0.1, 0.15) is 0 Å². The van der Waals surface area contributed by atoms with E-state index in [0.29, 0.717) is 10.6 Å². The first-order valence-corrected chi connectivity index (χ1v) is 8.64. The van der Waals surface area contributed by atoms with Gasteiger partial charge in [-0.25, -0.2) is 0 Å². The summed E-state index contributed by atoms with van der Waals surface area (Å²) in [4.78, 5) is 12.0. The average molecular weight is 399 g/mol.